The van der Waals surface area contributed by atoms with Crippen LogP contribution in [0.15, 0.2) is 24.4 Å². The van der Waals surface area contributed by atoms with Crippen LogP contribution in [-0.2, 0) is 7.05 Å². The molecule has 1 aromatic carbocycles. The van der Waals surface area contributed by atoms with Crippen LogP contribution in [0, 0.1) is 34.6 Å². The van der Waals surface area contributed by atoms with Crippen LogP contribution in [0.25, 0.3) is 11.3 Å². The molecule has 0 amide bonds. The number of aryl methyl sites for hydroxylation is 6. The van der Waals surface area contributed by atoms with Gasteiger partial charge in [0.05, 0.1) is 5.56 Å². The fourth-order valence-electron chi connectivity index (χ4n) is 2.72. The van der Waals surface area contributed by atoms with Crippen molar-refractivity contribution in [2.45, 2.75) is 34.6 Å². The zero-order chi connectivity index (χ0) is 13.4. The number of rotatable bonds is 1. The summed E-state index contributed by atoms with van der Waals surface area (Å²) in [5, 5.41) is 0. The third-order valence-corrected chi connectivity index (χ3v) is 3.68. The molecule has 0 fully saturated rings. The second-order valence-corrected chi connectivity index (χ2v) is 5.41. The summed E-state index contributed by atoms with van der Waals surface area (Å²) < 4.78 is 2.23. The monoisotopic (exact) mass is 240 g/mol. The summed E-state index contributed by atoms with van der Waals surface area (Å²) >= 11 is 0. The highest BCUT2D eigenvalue weighted by Crippen LogP contribution is 2.26. The second-order valence-electron chi connectivity index (χ2n) is 5.41. The molecular weight excluding hydrogens is 218 g/mol. The third kappa shape index (κ3) is 2.17. The first-order valence-corrected chi connectivity index (χ1v) is 6.45. The molecule has 0 aliphatic carbocycles. The van der Waals surface area contributed by atoms with Gasteiger partial charge in [-0.25, -0.2) is 4.57 Å². The fraction of sp³-hybridized carbons (Fsp3) is 0.353. The smallest absolute Gasteiger partial charge is 0.201 e. The molecule has 0 atom stereocenters. The SMILES string of the molecule is Cc1cc(C)c(-c2cc(C)c(C)c[n+]2C)c(C)c1. The molecule has 0 spiro atoms. The molecule has 0 saturated heterocycles. The van der Waals surface area contributed by atoms with E-state index in [2.05, 4.69) is 70.6 Å². The zero-order valence-electron chi connectivity index (χ0n) is 12.3. The van der Waals surface area contributed by atoms with E-state index in [0.29, 0.717) is 0 Å². The highest BCUT2D eigenvalue weighted by atomic mass is 14.9. The lowest BCUT2D eigenvalue weighted by molar-refractivity contribution is -0.660. The van der Waals surface area contributed by atoms with Gasteiger partial charge >= 0.3 is 0 Å². The van der Waals surface area contributed by atoms with Gasteiger partial charge in [-0.1, -0.05) is 17.7 Å². The predicted molar refractivity (Wildman–Crippen MR) is 76.7 cm³/mol. The molecule has 1 heterocycles. The van der Waals surface area contributed by atoms with Gasteiger partial charge in [0, 0.05) is 11.6 Å². The molecule has 0 unspecified atom stereocenters. The van der Waals surface area contributed by atoms with Crippen molar-refractivity contribution in [2.24, 2.45) is 7.05 Å². The average molecular weight is 240 g/mol. The molecule has 1 heteroatoms. The Morgan fingerprint density at radius 2 is 1.28 bits per heavy atom. The first kappa shape index (κ1) is 12.8. The largest absolute Gasteiger partial charge is 0.213 e. The van der Waals surface area contributed by atoms with E-state index in [0.717, 1.165) is 0 Å². The van der Waals surface area contributed by atoms with Gasteiger partial charge in [0.25, 0.3) is 0 Å². The number of hydrogen-bond acceptors (Lipinski definition) is 0. The highest BCUT2D eigenvalue weighted by molar-refractivity contribution is 5.66. The Hall–Kier alpha value is -1.63. The standard InChI is InChI=1S/C17H22N/c1-11-7-13(3)17(14(4)8-11)16-9-12(2)15(5)10-18(16)6/h7-10H,1-6H3/q+1. The van der Waals surface area contributed by atoms with E-state index >= 15 is 0 Å². The summed E-state index contributed by atoms with van der Waals surface area (Å²) in [7, 11) is 2.13. The maximum Gasteiger partial charge on any atom is 0.213 e. The molecule has 1 nitrogen and oxygen atoms in total. The predicted octanol–water partition coefficient (Wildman–Crippen LogP) is 3.72. The van der Waals surface area contributed by atoms with Crippen LogP contribution in [0.4, 0.5) is 0 Å². The van der Waals surface area contributed by atoms with Gasteiger partial charge in [-0.3, -0.25) is 0 Å². The van der Waals surface area contributed by atoms with Gasteiger partial charge in [0.1, 0.15) is 7.05 Å². The number of hydrogen-bond donors (Lipinski definition) is 0. The summed E-state index contributed by atoms with van der Waals surface area (Å²) in [6, 6.07) is 6.81. The number of benzene rings is 1. The van der Waals surface area contributed by atoms with Gasteiger partial charge in [0.2, 0.25) is 5.69 Å². The molecule has 0 aliphatic rings. The van der Waals surface area contributed by atoms with Crippen molar-refractivity contribution in [2.75, 3.05) is 0 Å². The van der Waals surface area contributed by atoms with E-state index in [1.165, 1.54) is 39.1 Å². The molecule has 0 N–H and O–H groups in total. The maximum absolute atomic E-state index is 2.29. The fourth-order valence-corrected chi connectivity index (χ4v) is 2.72. The van der Waals surface area contributed by atoms with Crippen molar-refractivity contribution in [1.29, 1.82) is 0 Å². The van der Waals surface area contributed by atoms with Crippen molar-refractivity contribution in [3.63, 3.8) is 0 Å². The lowest BCUT2D eigenvalue weighted by Crippen LogP contribution is -2.31. The molecule has 2 rings (SSSR count). The van der Waals surface area contributed by atoms with Crippen molar-refractivity contribution in [1.82, 2.24) is 0 Å². The van der Waals surface area contributed by atoms with E-state index in [4.69, 9.17) is 0 Å². The van der Waals surface area contributed by atoms with E-state index in [1.54, 1.807) is 0 Å². The maximum atomic E-state index is 2.29. The summed E-state index contributed by atoms with van der Waals surface area (Å²) in [5.41, 5.74) is 9.39. The Kier molecular flexibility index (Phi) is 3.25. The second kappa shape index (κ2) is 4.56. The average Bonchev–Trinajstić information content (AvgIpc) is 2.24. The summed E-state index contributed by atoms with van der Waals surface area (Å²) in [5.74, 6) is 0. The van der Waals surface area contributed by atoms with Crippen LogP contribution in [-0.4, -0.2) is 0 Å². The number of aromatic nitrogens is 1. The Balaban J connectivity index is 2.73. The molecule has 2 aromatic rings. The van der Waals surface area contributed by atoms with E-state index in [-0.39, 0.29) is 0 Å². The van der Waals surface area contributed by atoms with Gasteiger partial charge in [-0.05, 0) is 51.3 Å². The lowest BCUT2D eigenvalue weighted by atomic mass is 9.95. The van der Waals surface area contributed by atoms with Crippen LogP contribution in [0.5, 0.6) is 0 Å². The van der Waals surface area contributed by atoms with Crippen molar-refractivity contribution in [3.8, 4) is 11.3 Å². The van der Waals surface area contributed by atoms with Gasteiger partial charge in [0.15, 0.2) is 6.20 Å². The van der Waals surface area contributed by atoms with Crippen LogP contribution in [0.3, 0.4) is 0 Å². The normalized spacial score (nSPS) is 10.8. The minimum absolute atomic E-state index is 1.30. The van der Waals surface area contributed by atoms with Crippen LogP contribution in [0.2, 0.25) is 0 Å². The van der Waals surface area contributed by atoms with Crippen molar-refractivity contribution in [3.05, 3.63) is 52.2 Å². The van der Waals surface area contributed by atoms with Gasteiger partial charge < -0.3 is 0 Å². The molecule has 18 heavy (non-hydrogen) atoms. The molecule has 94 valence electrons. The van der Waals surface area contributed by atoms with E-state index in [1.807, 2.05) is 0 Å². The molecule has 0 aliphatic heterocycles. The minimum atomic E-state index is 1.30. The van der Waals surface area contributed by atoms with Crippen LogP contribution >= 0.6 is 0 Å². The summed E-state index contributed by atoms with van der Waals surface area (Å²) in [6.07, 6.45) is 2.21. The van der Waals surface area contributed by atoms with E-state index in [9.17, 15) is 0 Å². The highest BCUT2D eigenvalue weighted by Gasteiger charge is 2.16. The van der Waals surface area contributed by atoms with Crippen molar-refractivity contribution >= 4 is 0 Å². The topological polar surface area (TPSA) is 3.88 Å². The Morgan fingerprint density at radius 1 is 0.722 bits per heavy atom. The van der Waals surface area contributed by atoms with Gasteiger partial charge in [-0.15, -0.1) is 0 Å². The van der Waals surface area contributed by atoms with Crippen LogP contribution < -0.4 is 4.57 Å². The minimum Gasteiger partial charge on any atom is -0.201 e. The summed E-state index contributed by atoms with van der Waals surface area (Å²) in [6.45, 7) is 10.9. The Labute approximate surface area is 110 Å². The third-order valence-electron chi connectivity index (χ3n) is 3.68. The van der Waals surface area contributed by atoms with E-state index < -0.39 is 0 Å². The molecule has 0 bridgehead atoms. The number of pyridine rings is 1. The zero-order valence-corrected chi connectivity index (χ0v) is 12.3. The first-order chi connectivity index (χ1) is 8.40. The quantitative estimate of drug-likeness (QED) is 0.669. The Bertz CT molecular complexity index is 586. The molecule has 0 saturated carbocycles. The first-order valence-electron chi connectivity index (χ1n) is 6.45. The Morgan fingerprint density at radius 3 is 1.83 bits per heavy atom. The summed E-state index contributed by atoms with van der Waals surface area (Å²) in [4.78, 5) is 0. The molecular formula is C17H22N+. The van der Waals surface area contributed by atoms with Crippen molar-refractivity contribution < 1.29 is 4.57 Å². The lowest BCUT2D eigenvalue weighted by Gasteiger charge is -2.11. The molecule has 1 aromatic heterocycles. The number of nitrogens with zero attached hydrogens (tertiary/aromatic N) is 1. The molecule has 0 radical (unpaired) electrons. The van der Waals surface area contributed by atoms with Crippen LogP contribution in [0.1, 0.15) is 27.8 Å². The van der Waals surface area contributed by atoms with Gasteiger partial charge in [-0.2, -0.15) is 0 Å².